The third-order valence-corrected chi connectivity index (χ3v) is 4.48. The summed E-state index contributed by atoms with van der Waals surface area (Å²) in [6, 6.07) is 15.2. The molecule has 0 saturated carbocycles. The van der Waals surface area contributed by atoms with E-state index in [0.717, 1.165) is 16.5 Å². The highest BCUT2D eigenvalue weighted by Crippen LogP contribution is 2.20. The van der Waals surface area contributed by atoms with Crippen molar-refractivity contribution in [3.63, 3.8) is 0 Å². The molecule has 0 aliphatic heterocycles. The molecule has 4 nitrogen and oxygen atoms in total. The van der Waals surface area contributed by atoms with Gasteiger partial charge in [-0.2, -0.15) is 0 Å². The number of benzene rings is 2. The quantitative estimate of drug-likeness (QED) is 0.501. The molecule has 0 heterocycles. The van der Waals surface area contributed by atoms with Crippen molar-refractivity contribution >= 4 is 39.6 Å². The van der Waals surface area contributed by atoms with Crippen molar-refractivity contribution in [3.05, 3.63) is 70.2 Å². The van der Waals surface area contributed by atoms with Crippen molar-refractivity contribution in [1.82, 2.24) is 0 Å². The van der Waals surface area contributed by atoms with Crippen LogP contribution in [0.1, 0.15) is 37.3 Å². The van der Waals surface area contributed by atoms with Crippen LogP contribution in [0.3, 0.4) is 0 Å². The Labute approximate surface area is 162 Å². The molecule has 0 saturated heterocycles. The number of hydrogen-bond donors (Lipinski definition) is 1. The van der Waals surface area contributed by atoms with Gasteiger partial charge in [-0.05, 0) is 53.8 Å². The van der Waals surface area contributed by atoms with Crippen LogP contribution in [0.2, 0.25) is 0 Å². The topological polar surface area (TPSA) is 55.4 Å². The number of amides is 1. The molecule has 0 radical (unpaired) electrons. The van der Waals surface area contributed by atoms with Crippen molar-refractivity contribution < 1.29 is 14.3 Å². The first kappa shape index (κ1) is 19.9. The van der Waals surface area contributed by atoms with E-state index in [1.165, 1.54) is 11.6 Å². The number of carbonyl (C=O) groups is 2. The summed E-state index contributed by atoms with van der Waals surface area (Å²) in [6.45, 7) is 3.98. The van der Waals surface area contributed by atoms with Crippen LogP contribution in [-0.2, 0) is 14.3 Å². The summed E-state index contributed by atoms with van der Waals surface area (Å²) in [5.74, 6) is -0.449. The Balaban J connectivity index is 1.80. The molecule has 0 spiro atoms. The lowest BCUT2D eigenvalue weighted by Crippen LogP contribution is -2.20. The SMILES string of the molecule is CC[C@H](C)c1ccc(NC(=O)COC(=O)/C=C/c2cccc(Br)c2)cc1. The number of esters is 1. The van der Waals surface area contributed by atoms with E-state index in [1.807, 2.05) is 48.5 Å². The van der Waals surface area contributed by atoms with Crippen molar-refractivity contribution in [3.8, 4) is 0 Å². The van der Waals surface area contributed by atoms with Crippen LogP contribution >= 0.6 is 15.9 Å². The van der Waals surface area contributed by atoms with Crippen LogP contribution in [0.25, 0.3) is 6.08 Å². The largest absolute Gasteiger partial charge is 0.452 e. The highest BCUT2D eigenvalue weighted by molar-refractivity contribution is 9.10. The minimum absolute atomic E-state index is 0.325. The summed E-state index contributed by atoms with van der Waals surface area (Å²) in [5.41, 5.74) is 2.78. The first-order valence-electron chi connectivity index (χ1n) is 8.48. The summed E-state index contributed by atoms with van der Waals surface area (Å²) in [6.07, 6.45) is 4.00. The fourth-order valence-corrected chi connectivity index (χ4v) is 2.70. The molecule has 1 N–H and O–H groups in total. The highest BCUT2D eigenvalue weighted by atomic mass is 79.9. The number of ether oxygens (including phenoxy) is 1. The molecule has 2 aromatic rings. The Morgan fingerprint density at radius 1 is 1.19 bits per heavy atom. The second kappa shape index (κ2) is 9.92. The molecule has 136 valence electrons. The average molecular weight is 416 g/mol. The molecular formula is C21H22BrNO3. The molecule has 0 bridgehead atoms. The Bertz CT molecular complexity index is 784. The number of hydrogen-bond acceptors (Lipinski definition) is 3. The standard InChI is InChI=1S/C21H22BrNO3/c1-3-15(2)17-8-10-19(11-9-17)23-20(24)14-26-21(25)12-7-16-5-4-6-18(22)13-16/h4-13,15H,3,14H2,1-2H3,(H,23,24)/b12-7+/t15-/m0/s1. The zero-order chi connectivity index (χ0) is 18.9. The van der Waals surface area contributed by atoms with Crippen molar-refractivity contribution in [2.24, 2.45) is 0 Å². The van der Waals surface area contributed by atoms with E-state index >= 15 is 0 Å². The molecule has 2 rings (SSSR count). The highest BCUT2D eigenvalue weighted by Gasteiger charge is 2.07. The van der Waals surface area contributed by atoms with E-state index in [-0.39, 0.29) is 12.5 Å². The fraction of sp³-hybridized carbons (Fsp3) is 0.238. The molecule has 0 unspecified atom stereocenters. The van der Waals surface area contributed by atoms with Gasteiger partial charge in [0.1, 0.15) is 0 Å². The molecule has 0 aliphatic carbocycles. The van der Waals surface area contributed by atoms with E-state index in [9.17, 15) is 9.59 Å². The number of halogens is 1. The van der Waals surface area contributed by atoms with Crippen LogP contribution in [0, 0.1) is 0 Å². The van der Waals surface area contributed by atoms with Gasteiger partial charge < -0.3 is 10.1 Å². The lowest BCUT2D eigenvalue weighted by Gasteiger charge is -2.10. The van der Waals surface area contributed by atoms with E-state index in [2.05, 4.69) is 35.1 Å². The normalized spacial score (nSPS) is 12.0. The lowest BCUT2D eigenvalue weighted by atomic mass is 9.99. The summed E-state index contributed by atoms with van der Waals surface area (Å²) >= 11 is 3.36. The molecule has 0 aromatic heterocycles. The van der Waals surface area contributed by atoms with E-state index in [1.54, 1.807) is 6.08 Å². The first-order valence-corrected chi connectivity index (χ1v) is 9.27. The van der Waals surface area contributed by atoms with Gasteiger partial charge in [-0.1, -0.05) is 54.0 Å². The summed E-state index contributed by atoms with van der Waals surface area (Å²) in [5, 5.41) is 2.72. The van der Waals surface area contributed by atoms with E-state index in [0.29, 0.717) is 11.6 Å². The van der Waals surface area contributed by atoms with Gasteiger partial charge in [0.15, 0.2) is 6.61 Å². The van der Waals surface area contributed by atoms with Crippen LogP contribution in [0.4, 0.5) is 5.69 Å². The zero-order valence-corrected chi connectivity index (χ0v) is 16.5. The van der Waals surface area contributed by atoms with Crippen molar-refractivity contribution in [1.29, 1.82) is 0 Å². The molecule has 26 heavy (non-hydrogen) atoms. The van der Waals surface area contributed by atoms with Gasteiger partial charge in [-0.3, -0.25) is 4.79 Å². The third-order valence-electron chi connectivity index (χ3n) is 3.98. The van der Waals surface area contributed by atoms with Crippen LogP contribution in [0.15, 0.2) is 59.1 Å². The monoisotopic (exact) mass is 415 g/mol. The summed E-state index contributed by atoms with van der Waals surface area (Å²) < 4.78 is 5.88. The van der Waals surface area contributed by atoms with Crippen molar-refractivity contribution in [2.45, 2.75) is 26.2 Å². The minimum atomic E-state index is -0.563. The molecule has 0 fully saturated rings. The van der Waals surface area contributed by atoms with Gasteiger partial charge in [-0.15, -0.1) is 0 Å². The number of nitrogens with one attached hydrogen (secondary N) is 1. The van der Waals surface area contributed by atoms with Gasteiger partial charge in [0.2, 0.25) is 0 Å². The molecule has 0 aliphatic rings. The Hall–Kier alpha value is -2.40. The van der Waals surface area contributed by atoms with E-state index in [4.69, 9.17) is 4.74 Å². The number of rotatable bonds is 7. The third kappa shape index (κ3) is 6.48. The Morgan fingerprint density at radius 3 is 2.58 bits per heavy atom. The molecule has 1 atom stereocenters. The second-order valence-electron chi connectivity index (χ2n) is 5.98. The van der Waals surface area contributed by atoms with Gasteiger partial charge in [-0.25, -0.2) is 4.79 Å². The van der Waals surface area contributed by atoms with Gasteiger partial charge in [0.25, 0.3) is 5.91 Å². The smallest absolute Gasteiger partial charge is 0.331 e. The molecular weight excluding hydrogens is 394 g/mol. The van der Waals surface area contributed by atoms with Gasteiger partial charge in [0.05, 0.1) is 0 Å². The van der Waals surface area contributed by atoms with Crippen LogP contribution in [-0.4, -0.2) is 18.5 Å². The fourth-order valence-electron chi connectivity index (χ4n) is 2.29. The maximum absolute atomic E-state index is 11.9. The first-order chi connectivity index (χ1) is 12.5. The zero-order valence-electron chi connectivity index (χ0n) is 14.9. The average Bonchev–Trinajstić information content (AvgIpc) is 2.64. The molecule has 5 heteroatoms. The van der Waals surface area contributed by atoms with Gasteiger partial charge >= 0.3 is 5.97 Å². The summed E-state index contributed by atoms with van der Waals surface area (Å²) in [4.78, 5) is 23.6. The van der Waals surface area contributed by atoms with Gasteiger partial charge in [0, 0.05) is 16.2 Å². The predicted molar refractivity (Wildman–Crippen MR) is 108 cm³/mol. The maximum atomic E-state index is 11.9. The van der Waals surface area contributed by atoms with Crippen molar-refractivity contribution in [2.75, 3.05) is 11.9 Å². The minimum Gasteiger partial charge on any atom is -0.452 e. The predicted octanol–water partition coefficient (Wildman–Crippen LogP) is 5.16. The second-order valence-corrected chi connectivity index (χ2v) is 6.89. The summed E-state index contributed by atoms with van der Waals surface area (Å²) in [7, 11) is 0. The maximum Gasteiger partial charge on any atom is 0.331 e. The Kier molecular flexibility index (Phi) is 7.60. The van der Waals surface area contributed by atoms with Crippen LogP contribution < -0.4 is 5.32 Å². The number of carbonyl (C=O) groups excluding carboxylic acids is 2. The molecule has 2 aromatic carbocycles. The number of anilines is 1. The lowest BCUT2D eigenvalue weighted by molar-refractivity contribution is -0.142. The van der Waals surface area contributed by atoms with E-state index < -0.39 is 5.97 Å². The van der Waals surface area contributed by atoms with Crippen LogP contribution in [0.5, 0.6) is 0 Å². The molecule has 1 amide bonds. The Morgan fingerprint density at radius 2 is 1.92 bits per heavy atom.